The predicted octanol–water partition coefficient (Wildman–Crippen LogP) is 2.92. The largest absolute Gasteiger partial charge is 0.462 e. The van der Waals surface area contributed by atoms with E-state index in [0.29, 0.717) is 6.07 Å². The summed E-state index contributed by atoms with van der Waals surface area (Å²) < 4.78 is 58.0. The van der Waals surface area contributed by atoms with Crippen LogP contribution in [0.25, 0.3) is 0 Å². The Morgan fingerprint density at radius 2 is 1.95 bits per heavy atom. The second-order valence-corrected chi connectivity index (χ2v) is 6.65. The van der Waals surface area contributed by atoms with Gasteiger partial charge in [0.15, 0.2) is 0 Å². The molecule has 0 radical (unpaired) electrons. The Bertz CT molecular complexity index is 789. The van der Waals surface area contributed by atoms with Crippen molar-refractivity contribution < 1.29 is 26.7 Å². The van der Waals surface area contributed by atoms with Gasteiger partial charge in [0.25, 0.3) is 10.0 Å². The molecule has 2 aromatic rings. The Hall–Kier alpha value is -1.45. The smallest absolute Gasteiger partial charge is 0.265 e. The summed E-state index contributed by atoms with van der Waals surface area (Å²) in [7, 11) is -4.12. The standard InChI is InChI=1S/C12H10BrF2NO4S/c1-6-12(2-7(5-17)20-6)21(18,19)16-11-3-8(13)9(14)4-10(11)15/h2-4,16-17H,5H2,1H3. The van der Waals surface area contributed by atoms with E-state index < -0.39 is 34.0 Å². The Morgan fingerprint density at radius 1 is 1.29 bits per heavy atom. The highest BCUT2D eigenvalue weighted by atomic mass is 79.9. The highest BCUT2D eigenvalue weighted by Crippen LogP contribution is 2.27. The number of rotatable bonds is 4. The summed E-state index contributed by atoms with van der Waals surface area (Å²) in [4.78, 5) is -0.230. The van der Waals surface area contributed by atoms with Crippen molar-refractivity contribution in [3.8, 4) is 0 Å². The molecule has 2 N–H and O–H groups in total. The Morgan fingerprint density at radius 3 is 2.52 bits per heavy atom. The van der Waals surface area contributed by atoms with Gasteiger partial charge >= 0.3 is 0 Å². The fourth-order valence-corrected chi connectivity index (χ4v) is 3.28. The normalized spacial score (nSPS) is 11.7. The van der Waals surface area contributed by atoms with Crippen LogP contribution in [0.5, 0.6) is 0 Å². The van der Waals surface area contributed by atoms with Crippen LogP contribution in [-0.4, -0.2) is 13.5 Å². The second kappa shape index (κ2) is 5.74. The Labute approximate surface area is 127 Å². The maximum atomic E-state index is 13.6. The quantitative estimate of drug-likeness (QED) is 0.797. The summed E-state index contributed by atoms with van der Waals surface area (Å²) in [5.41, 5.74) is -0.408. The number of aryl methyl sites for hydroxylation is 1. The van der Waals surface area contributed by atoms with Crippen molar-refractivity contribution in [3.05, 3.63) is 45.8 Å². The van der Waals surface area contributed by atoms with E-state index in [-0.39, 0.29) is 20.9 Å². The zero-order valence-electron chi connectivity index (χ0n) is 10.7. The lowest BCUT2D eigenvalue weighted by atomic mass is 10.3. The number of anilines is 1. The maximum Gasteiger partial charge on any atom is 0.265 e. The van der Waals surface area contributed by atoms with Gasteiger partial charge in [-0.15, -0.1) is 0 Å². The van der Waals surface area contributed by atoms with Crippen molar-refractivity contribution in [1.29, 1.82) is 0 Å². The molecule has 114 valence electrons. The molecule has 0 spiro atoms. The van der Waals surface area contributed by atoms with Gasteiger partial charge in [0.1, 0.15) is 34.7 Å². The summed E-state index contributed by atoms with van der Waals surface area (Å²) >= 11 is 2.85. The molecule has 0 atom stereocenters. The molecule has 0 saturated carbocycles. The first-order chi connectivity index (χ1) is 9.74. The van der Waals surface area contributed by atoms with Crippen LogP contribution in [0.15, 0.2) is 32.0 Å². The van der Waals surface area contributed by atoms with Crippen molar-refractivity contribution in [2.45, 2.75) is 18.4 Å². The van der Waals surface area contributed by atoms with Crippen LogP contribution in [-0.2, 0) is 16.6 Å². The Kier molecular flexibility index (Phi) is 4.35. The monoisotopic (exact) mass is 381 g/mol. The Balaban J connectivity index is 2.42. The highest BCUT2D eigenvalue weighted by Gasteiger charge is 2.23. The molecule has 1 heterocycles. The van der Waals surface area contributed by atoms with Crippen molar-refractivity contribution in [1.82, 2.24) is 0 Å². The van der Waals surface area contributed by atoms with E-state index in [2.05, 4.69) is 15.9 Å². The average molecular weight is 382 g/mol. The first-order valence-electron chi connectivity index (χ1n) is 5.62. The topological polar surface area (TPSA) is 79.5 Å². The van der Waals surface area contributed by atoms with Crippen LogP contribution < -0.4 is 4.72 Å². The maximum absolute atomic E-state index is 13.6. The van der Waals surface area contributed by atoms with Gasteiger partial charge < -0.3 is 9.52 Å². The van der Waals surface area contributed by atoms with E-state index in [9.17, 15) is 17.2 Å². The first kappa shape index (κ1) is 15.9. The van der Waals surface area contributed by atoms with E-state index >= 15 is 0 Å². The first-order valence-corrected chi connectivity index (χ1v) is 7.89. The van der Waals surface area contributed by atoms with Gasteiger partial charge in [-0.05, 0) is 28.9 Å². The number of furan rings is 1. The number of nitrogens with one attached hydrogen (secondary N) is 1. The molecule has 2 rings (SSSR count). The molecule has 0 aliphatic rings. The van der Waals surface area contributed by atoms with E-state index in [1.165, 1.54) is 6.92 Å². The van der Waals surface area contributed by atoms with Gasteiger partial charge in [-0.3, -0.25) is 4.72 Å². The molecule has 21 heavy (non-hydrogen) atoms. The van der Waals surface area contributed by atoms with E-state index in [1.807, 2.05) is 4.72 Å². The SMILES string of the molecule is Cc1oc(CO)cc1S(=O)(=O)Nc1cc(Br)c(F)cc1F. The van der Waals surface area contributed by atoms with Crippen LogP contribution in [0.3, 0.4) is 0 Å². The number of aliphatic hydroxyl groups excluding tert-OH is 1. The lowest BCUT2D eigenvalue weighted by Gasteiger charge is -2.09. The third kappa shape index (κ3) is 3.25. The molecule has 0 bridgehead atoms. The molecular formula is C12H10BrF2NO4S. The molecule has 0 saturated heterocycles. The number of hydrogen-bond acceptors (Lipinski definition) is 4. The molecule has 9 heteroatoms. The summed E-state index contributed by atoms with van der Waals surface area (Å²) in [6, 6.07) is 2.67. The summed E-state index contributed by atoms with van der Waals surface area (Å²) in [5.74, 6) is -1.79. The molecule has 5 nitrogen and oxygen atoms in total. The van der Waals surface area contributed by atoms with Crippen LogP contribution in [0.1, 0.15) is 11.5 Å². The van der Waals surface area contributed by atoms with Crippen LogP contribution >= 0.6 is 15.9 Å². The van der Waals surface area contributed by atoms with Crippen molar-refractivity contribution >= 4 is 31.6 Å². The minimum Gasteiger partial charge on any atom is -0.462 e. The molecule has 0 unspecified atom stereocenters. The fraction of sp³-hybridized carbons (Fsp3) is 0.167. The summed E-state index contributed by atoms with van der Waals surface area (Å²) in [6.07, 6.45) is 0. The van der Waals surface area contributed by atoms with Crippen LogP contribution in [0.4, 0.5) is 14.5 Å². The van der Waals surface area contributed by atoms with Crippen LogP contribution in [0.2, 0.25) is 0 Å². The molecular weight excluding hydrogens is 372 g/mol. The van der Waals surface area contributed by atoms with Crippen molar-refractivity contribution in [3.63, 3.8) is 0 Å². The van der Waals surface area contributed by atoms with Gasteiger partial charge in [-0.2, -0.15) is 0 Å². The summed E-state index contributed by atoms with van der Waals surface area (Å²) in [6.45, 7) is 0.928. The van der Waals surface area contributed by atoms with Crippen LogP contribution in [0, 0.1) is 18.6 Å². The van der Waals surface area contributed by atoms with E-state index in [1.54, 1.807) is 0 Å². The third-order valence-electron chi connectivity index (χ3n) is 2.62. The summed E-state index contributed by atoms with van der Waals surface area (Å²) in [5, 5.41) is 8.93. The zero-order chi connectivity index (χ0) is 15.8. The van der Waals surface area contributed by atoms with Gasteiger partial charge in [-0.1, -0.05) is 0 Å². The number of hydrogen-bond donors (Lipinski definition) is 2. The molecule has 0 amide bonds. The minimum absolute atomic E-state index is 0.0492. The van der Waals surface area contributed by atoms with Gasteiger partial charge in [0.2, 0.25) is 0 Å². The molecule has 1 aromatic carbocycles. The number of benzene rings is 1. The minimum atomic E-state index is -4.12. The number of halogens is 3. The number of sulfonamides is 1. The van der Waals surface area contributed by atoms with Gasteiger partial charge in [0.05, 0.1) is 10.2 Å². The molecule has 0 aliphatic heterocycles. The lowest BCUT2D eigenvalue weighted by Crippen LogP contribution is -2.14. The molecule has 1 aromatic heterocycles. The third-order valence-corrected chi connectivity index (χ3v) is 4.70. The van der Waals surface area contributed by atoms with Gasteiger partial charge in [0, 0.05) is 12.1 Å². The zero-order valence-corrected chi connectivity index (χ0v) is 13.1. The van der Waals surface area contributed by atoms with Crippen molar-refractivity contribution in [2.75, 3.05) is 4.72 Å². The lowest BCUT2D eigenvalue weighted by molar-refractivity contribution is 0.245. The molecule has 0 aliphatic carbocycles. The van der Waals surface area contributed by atoms with Gasteiger partial charge in [-0.25, -0.2) is 17.2 Å². The van der Waals surface area contributed by atoms with E-state index in [0.717, 1.165) is 12.1 Å². The highest BCUT2D eigenvalue weighted by molar-refractivity contribution is 9.10. The number of aliphatic hydroxyl groups is 1. The predicted molar refractivity (Wildman–Crippen MR) is 74.2 cm³/mol. The van der Waals surface area contributed by atoms with Crippen molar-refractivity contribution in [2.24, 2.45) is 0 Å². The van der Waals surface area contributed by atoms with E-state index in [4.69, 9.17) is 9.52 Å². The fourth-order valence-electron chi connectivity index (χ4n) is 1.67. The molecule has 0 fully saturated rings. The second-order valence-electron chi connectivity index (χ2n) is 4.14. The average Bonchev–Trinajstić information content (AvgIpc) is 2.78.